The molecule has 4 aromatic rings. The molecule has 2 aromatic heterocycles. The van der Waals surface area contributed by atoms with Crippen molar-refractivity contribution < 1.29 is 5.11 Å². The van der Waals surface area contributed by atoms with Crippen LogP contribution >= 0.6 is 11.3 Å². The zero-order valence-corrected chi connectivity index (χ0v) is 12.6. The van der Waals surface area contributed by atoms with E-state index in [-0.39, 0.29) is 17.0 Å². The molecule has 0 aliphatic carbocycles. The lowest BCUT2D eigenvalue weighted by molar-refractivity contribution is 0.478. The monoisotopic (exact) mass is 322 g/mol. The van der Waals surface area contributed by atoms with Gasteiger partial charge in [-0.25, -0.2) is 0 Å². The number of pyridine rings is 1. The number of aromatic amines is 1. The molecule has 2 aromatic carbocycles. The number of aromatic hydroxyl groups is 1. The van der Waals surface area contributed by atoms with E-state index in [9.17, 15) is 14.8 Å². The number of nitrogens with zero attached hydrogens (tertiary/aromatic N) is 1. The molecule has 0 amide bonds. The number of benzene rings is 2. The second kappa shape index (κ2) is 5.03. The minimum Gasteiger partial charge on any atom is -0.507 e. The van der Waals surface area contributed by atoms with Crippen molar-refractivity contribution in [3.63, 3.8) is 0 Å². The average molecular weight is 322 g/mol. The normalized spacial score (nSPS) is 11.1. The highest BCUT2D eigenvalue weighted by atomic mass is 32.1. The molecule has 0 aliphatic heterocycles. The molecule has 0 aliphatic rings. The van der Waals surface area contributed by atoms with Crippen LogP contribution in [-0.2, 0) is 0 Å². The fourth-order valence-corrected chi connectivity index (χ4v) is 3.64. The highest BCUT2D eigenvalue weighted by Gasteiger charge is 2.15. The molecule has 0 bridgehead atoms. The quantitative estimate of drug-likeness (QED) is 0.532. The van der Waals surface area contributed by atoms with Gasteiger partial charge in [0.25, 0.3) is 5.56 Å². The smallest absolute Gasteiger partial charge is 0.266 e. The number of phenolic OH excluding ortho intramolecular Hbond substituents is 1. The first-order valence-electron chi connectivity index (χ1n) is 6.88. The van der Waals surface area contributed by atoms with Gasteiger partial charge in [0.1, 0.15) is 16.1 Å². The second-order valence-electron chi connectivity index (χ2n) is 5.14. The molecule has 0 atom stereocenters. The van der Waals surface area contributed by atoms with Crippen LogP contribution in [0.1, 0.15) is 0 Å². The Morgan fingerprint density at radius 3 is 2.83 bits per heavy atom. The maximum Gasteiger partial charge on any atom is 0.266 e. The van der Waals surface area contributed by atoms with Crippen LogP contribution in [0.3, 0.4) is 0 Å². The SMILES string of the molecule is O=Nc1cccc(-c2c(O)ccc3[nH]c(=O)c4sccc4c23)c1. The molecule has 112 valence electrons. The van der Waals surface area contributed by atoms with Crippen LogP contribution < -0.4 is 5.56 Å². The Morgan fingerprint density at radius 1 is 1.13 bits per heavy atom. The maximum atomic E-state index is 12.1. The third kappa shape index (κ3) is 2.03. The Hall–Kier alpha value is -2.99. The number of nitrogens with one attached hydrogen (secondary N) is 1. The fourth-order valence-electron chi connectivity index (χ4n) is 2.85. The van der Waals surface area contributed by atoms with Crippen LogP contribution in [0, 0.1) is 4.91 Å². The van der Waals surface area contributed by atoms with Crippen LogP contribution in [0.5, 0.6) is 5.75 Å². The van der Waals surface area contributed by atoms with Gasteiger partial charge in [-0.05, 0) is 46.5 Å². The van der Waals surface area contributed by atoms with Gasteiger partial charge in [-0.3, -0.25) is 4.79 Å². The standard InChI is InChI=1S/C17H10N2O3S/c20-13-5-4-12-15(11-6-7-23-16(11)17(21)18-12)14(13)9-2-1-3-10(8-9)19-22/h1-8,20H,(H,18,21). The Morgan fingerprint density at radius 2 is 2.00 bits per heavy atom. The molecule has 4 rings (SSSR count). The Bertz CT molecular complexity index is 1130. The summed E-state index contributed by atoms with van der Waals surface area (Å²) in [4.78, 5) is 25.8. The van der Waals surface area contributed by atoms with Crippen molar-refractivity contribution in [2.75, 3.05) is 0 Å². The van der Waals surface area contributed by atoms with Gasteiger partial charge in [0.15, 0.2) is 0 Å². The summed E-state index contributed by atoms with van der Waals surface area (Å²) in [6, 6.07) is 11.8. The zero-order chi connectivity index (χ0) is 16.0. The van der Waals surface area contributed by atoms with Gasteiger partial charge in [-0.15, -0.1) is 16.2 Å². The van der Waals surface area contributed by atoms with E-state index in [1.54, 1.807) is 30.3 Å². The number of H-pyrrole nitrogens is 1. The van der Waals surface area contributed by atoms with E-state index in [4.69, 9.17) is 0 Å². The summed E-state index contributed by atoms with van der Waals surface area (Å²) in [6.07, 6.45) is 0. The van der Waals surface area contributed by atoms with Crippen molar-refractivity contribution in [1.82, 2.24) is 4.98 Å². The third-order valence-corrected chi connectivity index (χ3v) is 4.73. The van der Waals surface area contributed by atoms with Crippen molar-refractivity contribution in [1.29, 1.82) is 0 Å². The summed E-state index contributed by atoms with van der Waals surface area (Å²) in [5, 5.41) is 16.7. The van der Waals surface area contributed by atoms with Crippen LogP contribution in [0.2, 0.25) is 0 Å². The van der Waals surface area contributed by atoms with Crippen LogP contribution in [0.4, 0.5) is 5.69 Å². The first-order chi connectivity index (χ1) is 11.2. The summed E-state index contributed by atoms with van der Waals surface area (Å²) >= 11 is 1.35. The molecule has 23 heavy (non-hydrogen) atoms. The molecule has 6 heteroatoms. The van der Waals surface area contributed by atoms with Gasteiger partial charge < -0.3 is 10.1 Å². The van der Waals surface area contributed by atoms with Crippen molar-refractivity contribution in [2.45, 2.75) is 0 Å². The van der Waals surface area contributed by atoms with E-state index in [0.29, 0.717) is 21.3 Å². The number of nitroso groups, excluding NO2 is 1. The molecule has 0 saturated carbocycles. The first kappa shape index (κ1) is 13.7. The summed E-state index contributed by atoms with van der Waals surface area (Å²) in [7, 11) is 0. The lowest BCUT2D eigenvalue weighted by atomic mass is 9.97. The van der Waals surface area contributed by atoms with Crippen LogP contribution in [-0.4, -0.2) is 10.1 Å². The van der Waals surface area contributed by atoms with Crippen molar-refractivity contribution >= 4 is 38.0 Å². The van der Waals surface area contributed by atoms with E-state index in [1.165, 1.54) is 17.4 Å². The number of hydrogen-bond acceptors (Lipinski definition) is 5. The van der Waals surface area contributed by atoms with Crippen molar-refractivity contribution in [2.24, 2.45) is 5.18 Å². The topological polar surface area (TPSA) is 82.5 Å². The molecule has 5 nitrogen and oxygen atoms in total. The fraction of sp³-hybridized carbons (Fsp3) is 0. The van der Waals surface area contributed by atoms with Gasteiger partial charge in [0.05, 0.1) is 0 Å². The molecular formula is C17H10N2O3S. The number of fused-ring (bicyclic) bond motifs is 3. The van der Waals surface area contributed by atoms with Crippen molar-refractivity contribution in [3.05, 3.63) is 63.1 Å². The molecule has 0 unspecified atom stereocenters. The molecule has 2 heterocycles. The molecule has 0 radical (unpaired) electrons. The van der Waals surface area contributed by atoms with Gasteiger partial charge in [0, 0.05) is 21.9 Å². The van der Waals surface area contributed by atoms with Gasteiger partial charge in [-0.2, -0.15) is 0 Å². The number of phenols is 1. The summed E-state index contributed by atoms with van der Waals surface area (Å²) in [5.41, 5.74) is 2.02. The maximum absolute atomic E-state index is 12.1. The molecule has 0 fully saturated rings. The van der Waals surface area contributed by atoms with Gasteiger partial charge in [0.2, 0.25) is 0 Å². The predicted octanol–water partition coefficient (Wildman–Crippen LogP) is 4.51. The average Bonchev–Trinajstić information content (AvgIpc) is 3.06. The highest BCUT2D eigenvalue weighted by Crippen LogP contribution is 2.40. The largest absolute Gasteiger partial charge is 0.507 e. The third-order valence-electron chi connectivity index (χ3n) is 3.81. The van der Waals surface area contributed by atoms with E-state index < -0.39 is 0 Å². The van der Waals surface area contributed by atoms with Crippen molar-refractivity contribution in [3.8, 4) is 16.9 Å². The Labute approximate surface area is 133 Å². The highest BCUT2D eigenvalue weighted by molar-refractivity contribution is 7.17. The zero-order valence-electron chi connectivity index (χ0n) is 11.7. The lowest BCUT2D eigenvalue weighted by Crippen LogP contribution is -2.04. The minimum absolute atomic E-state index is 0.0834. The Kier molecular flexibility index (Phi) is 2.99. The predicted molar refractivity (Wildman–Crippen MR) is 92.5 cm³/mol. The van der Waals surface area contributed by atoms with Crippen LogP contribution in [0.25, 0.3) is 32.1 Å². The second-order valence-corrected chi connectivity index (χ2v) is 6.06. The van der Waals surface area contributed by atoms with E-state index in [0.717, 1.165) is 10.8 Å². The molecular weight excluding hydrogens is 312 g/mol. The molecule has 2 N–H and O–H groups in total. The van der Waals surface area contributed by atoms with Gasteiger partial charge >= 0.3 is 0 Å². The molecule has 0 spiro atoms. The number of thiophene rings is 1. The summed E-state index contributed by atoms with van der Waals surface area (Å²) < 4.78 is 0.606. The Balaban J connectivity index is 2.21. The molecule has 0 saturated heterocycles. The summed E-state index contributed by atoms with van der Waals surface area (Å²) in [6.45, 7) is 0. The minimum atomic E-state index is -0.151. The number of aromatic nitrogens is 1. The number of hydrogen-bond donors (Lipinski definition) is 2. The van der Waals surface area contributed by atoms with Crippen LogP contribution in [0.15, 0.2) is 57.8 Å². The van der Waals surface area contributed by atoms with E-state index in [2.05, 4.69) is 10.2 Å². The summed E-state index contributed by atoms with van der Waals surface area (Å²) in [5.74, 6) is 0.0834. The van der Waals surface area contributed by atoms with E-state index >= 15 is 0 Å². The first-order valence-corrected chi connectivity index (χ1v) is 7.76. The van der Waals surface area contributed by atoms with E-state index in [1.807, 2.05) is 11.4 Å². The number of rotatable bonds is 2. The lowest BCUT2D eigenvalue weighted by Gasteiger charge is -2.11. The van der Waals surface area contributed by atoms with Gasteiger partial charge in [-0.1, -0.05) is 12.1 Å².